The standard InChI is InChI=1S/C8H18S2/c1-2-5-8(10)6-3-4-7-9/h8-10H,2-7H2,1H3. The Morgan fingerprint density at radius 3 is 2.40 bits per heavy atom. The van der Waals surface area contributed by atoms with Crippen LogP contribution >= 0.6 is 25.3 Å². The second-order valence-corrected chi connectivity index (χ2v) is 3.84. The summed E-state index contributed by atoms with van der Waals surface area (Å²) in [5.41, 5.74) is 0. The summed E-state index contributed by atoms with van der Waals surface area (Å²) in [7, 11) is 0. The van der Waals surface area contributed by atoms with Gasteiger partial charge in [-0.15, -0.1) is 0 Å². The Hall–Kier alpha value is 0.700. The zero-order chi connectivity index (χ0) is 7.82. The van der Waals surface area contributed by atoms with Gasteiger partial charge >= 0.3 is 0 Å². The molecule has 0 rings (SSSR count). The lowest BCUT2D eigenvalue weighted by Gasteiger charge is -2.06. The molecule has 0 aliphatic carbocycles. The monoisotopic (exact) mass is 178 g/mol. The van der Waals surface area contributed by atoms with E-state index in [0.29, 0.717) is 5.25 Å². The van der Waals surface area contributed by atoms with Crippen LogP contribution in [0.25, 0.3) is 0 Å². The lowest BCUT2D eigenvalue weighted by atomic mass is 10.1. The first-order chi connectivity index (χ1) is 4.81. The molecule has 0 bridgehead atoms. The molecule has 2 heteroatoms. The fraction of sp³-hybridized carbons (Fsp3) is 1.00. The Bertz CT molecular complexity index is 64.3. The molecule has 0 saturated heterocycles. The van der Waals surface area contributed by atoms with E-state index in [9.17, 15) is 0 Å². The quantitative estimate of drug-likeness (QED) is 0.453. The highest BCUT2D eigenvalue weighted by Crippen LogP contribution is 2.12. The first kappa shape index (κ1) is 10.7. The predicted molar refractivity (Wildman–Crippen MR) is 55.4 cm³/mol. The molecule has 0 radical (unpaired) electrons. The molecule has 0 aliphatic rings. The molecule has 0 amide bonds. The third-order valence-electron chi connectivity index (χ3n) is 1.57. The molecule has 0 heterocycles. The van der Waals surface area contributed by atoms with E-state index in [1.807, 2.05) is 0 Å². The van der Waals surface area contributed by atoms with E-state index in [0.717, 1.165) is 5.75 Å². The van der Waals surface area contributed by atoms with Crippen LogP contribution in [0.4, 0.5) is 0 Å². The first-order valence-electron chi connectivity index (χ1n) is 4.10. The van der Waals surface area contributed by atoms with Gasteiger partial charge in [0, 0.05) is 5.25 Å². The van der Waals surface area contributed by atoms with Crippen LogP contribution in [0.5, 0.6) is 0 Å². The summed E-state index contributed by atoms with van der Waals surface area (Å²) in [5, 5.41) is 0.630. The van der Waals surface area contributed by atoms with Crippen molar-refractivity contribution in [1.29, 1.82) is 0 Å². The fourth-order valence-corrected chi connectivity index (χ4v) is 1.63. The summed E-state index contributed by atoms with van der Waals surface area (Å²) >= 11 is 8.61. The number of hydrogen-bond donors (Lipinski definition) is 2. The minimum absolute atomic E-state index is 0.630. The van der Waals surface area contributed by atoms with E-state index in [1.54, 1.807) is 0 Å². The van der Waals surface area contributed by atoms with Gasteiger partial charge in [-0.25, -0.2) is 0 Å². The van der Waals surface area contributed by atoms with E-state index >= 15 is 0 Å². The molecule has 0 aromatic carbocycles. The van der Waals surface area contributed by atoms with Crippen LogP contribution < -0.4 is 0 Å². The molecular formula is C8H18S2. The molecule has 0 aromatic rings. The molecule has 1 unspecified atom stereocenters. The van der Waals surface area contributed by atoms with Crippen LogP contribution in [0.1, 0.15) is 39.0 Å². The van der Waals surface area contributed by atoms with Crippen molar-refractivity contribution >= 4 is 25.3 Å². The van der Waals surface area contributed by atoms with Crippen molar-refractivity contribution in [3.8, 4) is 0 Å². The highest BCUT2D eigenvalue weighted by molar-refractivity contribution is 7.81. The molecule has 0 saturated carbocycles. The van der Waals surface area contributed by atoms with Gasteiger partial charge in [0.15, 0.2) is 0 Å². The summed E-state index contributed by atoms with van der Waals surface area (Å²) in [5.74, 6) is 1.02. The second kappa shape index (κ2) is 7.80. The van der Waals surface area contributed by atoms with Crippen LogP contribution in [0.15, 0.2) is 0 Å². The van der Waals surface area contributed by atoms with Crippen LogP contribution in [0.3, 0.4) is 0 Å². The van der Waals surface area contributed by atoms with E-state index in [2.05, 4.69) is 32.2 Å². The molecule has 1 atom stereocenters. The van der Waals surface area contributed by atoms with Crippen LogP contribution in [0.2, 0.25) is 0 Å². The van der Waals surface area contributed by atoms with Crippen LogP contribution in [-0.2, 0) is 0 Å². The molecule has 0 aliphatic heterocycles. The third kappa shape index (κ3) is 6.81. The fourth-order valence-electron chi connectivity index (χ4n) is 0.969. The topological polar surface area (TPSA) is 0 Å². The molecule has 10 heavy (non-hydrogen) atoms. The third-order valence-corrected chi connectivity index (χ3v) is 2.40. The van der Waals surface area contributed by atoms with E-state index in [4.69, 9.17) is 0 Å². The Labute approximate surface area is 75.6 Å². The molecule has 62 valence electrons. The van der Waals surface area contributed by atoms with E-state index in [1.165, 1.54) is 32.1 Å². The Kier molecular flexibility index (Phi) is 8.35. The maximum atomic E-state index is 4.46. The van der Waals surface area contributed by atoms with Crippen molar-refractivity contribution in [2.75, 3.05) is 5.75 Å². The lowest BCUT2D eigenvalue weighted by molar-refractivity contribution is 0.645. The maximum Gasteiger partial charge on any atom is 0.00167 e. The molecular weight excluding hydrogens is 160 g/mol. The predicted octanol–water partition coefficient (Wildman–Crippen LogP) is 3.19. The number of thiol groups is 2. The summed E-state index contributed by atoms with van der Waals surface area (Å²) in [6, 6.07) is 0. The Balaban J connectivity index is 2.97. The van der Waals surface area contributed by atoms with E-state index < -0.39 is 0 Å². The highest BCUT2D eigenvalue weighted by atomic mass is 32.1. The maximum absolute atomic E-state index is 4.46. The van der Waals surface area contributed by atoms with Crippen molar-refractivity contribution in [3.63, 3.8) is 0 Å². The van der Waals surface area contributed by atoms with Gasteiger partial charge in [0.05, 0.1) is 0 Å². The number of hydrogen-bond acceptors (Lipinski definition) is 2. The van der Waals surface area contributed by atoms with Gasteiger partial charge in [-0.3, -0.25) is 0 Å². The zero-order valence-corrected chi connectivity index (χ0v) is 8.50. The van der Waals surface area contributed by atoms with Crippen molar-refractivity contribution in [2.24, 2.45) is 0 Å². The average Bonchev–Trinajstić information content (AvgIpc) is 1.89. The molecule has 0 fully saturated rings. The van der Waals surface area contributed by atoms with Crippen molar-refractivity contribution < 1.29 is 0 Å². The van der Waals surface area contributed by atoms with Crippen molar-refractivity contribution in [3.05, 3.63) is 0 Å². The second-order valence-electron chi connectivity index (χ2n) is 2.66. The lowest BCUT2D eigenvalue weighted by Crippen LogP contribution is -1.97. The number of unbranched alkanes of at least 4 members (excludes halogenated alkanes) is 1. The van der Waals surface area contributed by atoms with Crippen molar-refractivity contribution in [1.82, 2.24) is 0 Å². The van der Waals surface area contributed by atoms with Gasteiger partial charge in [-0.05, 0) is 25.0 Å². The SMILES string of the molecule is CCCC(S)CCCCS. The molecule has 0 nitrogen and oxygen atoms in total. The van der Waals surface area contributed by atoms with Crippen molar-refractivity contribution in [2.45, 2.75) is 44.3 Å². The summed E-state index contributed by atoms with van der Waals surface area (Å²) in [6.45, 7) is 2.21. The smallest absolute Gasteiger partial charge is 0.00167 e. The van der Waals surface area contributed by atoms with Gasteiger partial charge in [-0.2, -0.15) is 25.3 Å². The summed E-state index contributed by atoms with van der Waals surface area (Å²) in [4.78, 5) is 0. The summed E-state index contributed by atoms with van der Waals surface area (Å²) in [6.07, 6.45) is 6.31. The Morgan fingerprint density at radius 2 is 1.90 bits per heavy atom. The first-order valence-corrected chi connectivity index (χ1v) is 5.25. The minimum atomic E-state index is 0.630. The summed E-state index contributed by atoms with van der Waals surface area (Å²) < 4.78 is 0. The van der Waals surface area contributed by atoms with Gasteiger partial charge in [0.25, 0.3) is 0 Å². The Morgan fingerprint density at radius 1 is 1.20 bits per heavy atom. The van der Waals surface area contributed by atoms with Gasteiger partial charge in [0.2, 0.25) is 0 Å². The molecule has 0 N–H and O–H groups in total. The van der Waals surface area contributed by atoms with Gasteiger partial charge in [0.1, 0.15) is 0 Å². The zero-order valence-electron chi connectivity index (χ0n) is 6.71. The van der Waals surface area contributed by atoms with Gasteiger partial charge in [-0.1, -0.05) is 19.8 Å². The average molecular weight is 178 g/mol. The largest absolute Gasteiger partial charge is 0.179 e. The normalized spacial score (nSPS) is 13.5. The molecule has 0 spiro atoms. The minimum Gasteiger partial charge on any atom is -0.179 e. The van der Waals surface area contributed by atoms with Crippen LogP contribution in [-0.4, -0.2) is 11.0 Å². The van der Waals surface area contributed by atoms with E-state index in [-0.39, 0.29) is 0 Å². The number of rotatable bonds is 6. The van der Waals surface area contributed by atoms with Gasteiger partial charge < -0.3 is 0 Å². The molecule has 0 aromatic heterocycles. The highest BCUT2D eigenvalue weighted by Gasteiger charge is 1.99. The van der Waals surface area contributed by atoms with Crippen LogP contribution in [0, 0.1) is 0 Å².